The van der Waals surface area contributed by atoms with Gasteiger partial charge in [-0.05, 0) is 12.1 Å². The molecule has 0 aliphatic carbocycles. The lowest BCUT2D eigenvalue weighted by Crippen LogP contribution is -2.29. The van der Waals surface area contributed by atoms with E-state index in [4.69, 9.17) is 9.47 Å². The summed E-state index contributed by atoms with van der Waals surface area (Å²) in [5, 5.41) is 2.80. The van der Waals surface area contributed by atoms with Gasteiger partial charge in [0.05, 0.1) is 13.2 Å². The van der Waals surface area contributed by atoms with E-state index in [2.05, 4.69) is 17.4 Å². The summed E-state index contributed by atoms with van der Waals surface area (Å²) in [6.45, 7) is 1.70. The van der Waals surface area contributed by atoms with Gasteiger partial charge in [-0.2, -0.15) is 0 Å². The van der Waals surface area contributed by atoms with Crippen LogP contribution in [0.3, 0.4) is 0 Å². The zero-order chi connectivity index (χ0) is 13.1. The number of ether oxygens (including phenoxy) is 2. The number of hydrogen-bond acceptors (Lipinski definition) is 4. The van der Waals surface area contributed by atoms with Gasteiger partial charge < -0.3 is 14.8 Å². The summed E-state index contributed by atoms with van der Waals surface area (Å²) in [5.74, 6) is 0.771. The van der Waals surface area contributed by atoms with Gasteiger partial charge in [-0.15, -0.1) is 11.8 Å². The first-order valence-electron chi connectivity index (χ1n) is 5.84. The van der Waals surface area contributed by atoms with E-state index < -0.39 is 0 Å². The van der Waals surface area contributed by atoms with Crippen LogP contribution in [0.5, 0.6) is 0 Å². The summed E-state index contributed by atoms with van der Waals surface area (Å²) in [6, 6.07) is 10.1. The molecule has 4 nitrogen and oxygen atoms in total. The van der Waals surface area contributed by atoms with Crippen molar-refractivity contribution in [2.24, 2.45) is 0 Å². The van der Waals surface area contributed by atoms with Gasteiger partial charge in [-0.3, -0.25) is 4.79 Å². The second-order valence-corrected chi connectivity index (χ2v) is 4.73. The number of carbonyl (C=O) groups excluding carboxylic acids is 1. The summed E-state index contributed by atoms with van der Waals surface area (Å²) in [5.41, 5.74) is 0. The van der Waals surface area contributed by atoms with Crippen LogP contribution in [-0.4, -0.2) is 45.1 Å². The smallest absolute Gasteiger partial charge is 0.246 e. The van der Waals surface area contributed by atoms with Gasteiger partial charge >= 0.3 is 0 Å². The van der Waals surface area contributed by atoms with Gasteiger partial charge in [0.25, 0.3) is 0 Å². The Morgan fingerprint density at radius 3 is 2.78 bits per heavy atom. The molecule has 5 heteroatoms. The van der Waals surface area contributed by atoms with Crippen molar-refractivity contribution < 1.29 is 14.3 Å². The first-order chi connectivity index (χ1) is 8.83. The Labute approximate surface area is 112 Å². The zero-order valence-corrected chi connectivity index (χ0v) is 11.4. The van der Waals surface area contributed by atoms with E-state index in [9.17, 15) is 4.79 Å². The Hall–Kier alpha value is -1.04. The molecule has 1 rings (SSSR count). The highest BCUT2D eigenvalue weighted by molar-refractivity contribution is 7.99. The number of methoxy groups -OCH3 is 1. The number of carbonyl (C=O) groups is 1. The topological polar surface area (TPSA) is 47.6 Å². The van der Waals surface area contributed by atoms with Crippen molar-refractivity contribution in [2.45, 2.75) is 4.90 Å². The van der Waals surface area contributed by atoms with E-state index in [0.29, 0.717) is 19.8 Å². The maximum absolute atomic E-state index is 11.3. The average Bonchev–Trinajstić information content (AvgIpc) is 2.41. The predicted molar refractivity (Wildman–Crippen MR) is 72.9 cm³/mol. The van der Waals surface area contributed by atoms with E-state index >= 15 is 0 Å². The van der Waals surface area contributed by atoms with Gasteiger partial charge in [0.15, 0.2) is 0 Å². The van der Waals surface area contributed by atoms with Crippen LogP contribution in [0.4, 0.5) is 0 Å². The maximum atomic E-state index is 11.3. The molecule has 0 heterocycles. The van der Waals surface area contributed by atoms with Crippen LogP contribution in [0.15, 0.2) is 35.2 Å². The third kappa shape index (κ3) is 7.32. The zero-order valence-electron chi connectivity index (χ0n) is 10.6. The third-order valence-electron chi connectivity index (χ3n) is 2.10. The van der Waals surface area contributed by atoms with Crippen molar-refractivity contribution in [1.29, 1.82) is 0 Å². The van der Waals surface area contributed by atoms with Crippen molar-refractivity contribution >= 4 is 17.7 Å². The van der Waals surface area contributed by atoms with Gasteiger partial charge in [0, 0.05) is 24.3 Å². The fourth-order valence-electron chi connectivity index (χ4n) is 1.23. The molecule has 0 bridgehead atoms. The van der Waals surface area contributed by atoms with E-state index in [0.717, 1.165) is 5.75 Å². The largest absolute Gasteiger partial charge is 0.382 e. The minimum atomic E-state index is -0.0836. The molecular formula is C13H19NO3S. The van der Waals surface area contributed by atoms with Crippen LogP contribution in [-0.2, 0) is 14.3 Å². The highest BCUT2D eigenvalue weighted by atomic mass is 32.2. The van der Waals surface area contributed by atoms with Crippen molar-refractivity contribution in [2.75, 3.05) is 39.2 Å². The first kappa shape index (κ1) is 15.0. The van der Waals surface area contributed by atoms with Crippen molar-refractivity contribution in [3.8, 4) is 0 Å². The highest BCUT2D eigenvalue weighted by Gasteiger charge is 2.00. The van der Waals surface area contributed by atoms with Crippen LogP contribution >= 0.6 is 11.8 Å². The molecule has 0 saturated heterocycles. The van der Waals surface area contributed by atoms with Crippen LogP contribution in [0, 0.1) is 0 Å². The van der Waals surface area contributed by atoms with Crippen LogP contribution < -0.4 is 5.32 Å². The van der Waals surface area contributed by atoms with Crippen LogP contribution in [0.2, 0.25) is 0 Å². The molecule has 0 aliphatic heterocycles. The minimum Gasteiger partial charge on any atom is -0.382 e. The SMILES string of the molecule is COCCOCC(=O)NCCSc1ccccc1. The number of thioether (sulfide) groups is 1. The second kappa shape index (κ2) is 9.94. The number of nitrogens with one attached hydrogen (secondary N) is 1. The molecule has 1 aromatic carbocycles. The fraction of sp³-hybridized carbons (Fsp3) is 0.462. The summed E-state index contributed by atoms with van der Waals surface area (Å²) >= 11 is 1.72. The van der Waals surface area contributed by atoms with Gasteiger partial charge in [0.1, 0.15) is 6.61 Å². The summed E-state index contributed by atoms with van der Waals surface area (Å²) in [6.07, 6.45) is 0. The molecule has 0 aliphatic rings. The van der Waals surface area contributed by atoms with Crippen LogP contribution in [0.1, 0.15) is 0 Å². The fourth-order valence-corrected chi connectivity index (χ4v) is 2.02. The molecule has 1 N–H and O–H groups in total. The highest BCUT2D eigenvalue weighted by Crippen LogP contribution is 2.15. The molecule has 1 aromatic rings. The molecule has 0 saturated carbocycles. The van der Waals surface area contributed by atoms with E-state index in [1.807, 2.05) is 18.2 Å². The predicted octanol–water partition coefficient (Wildman–Crippen LogP) is 1.56. The molecule has 0 atom stereocenters. The lowest BCUT2D eigenvalue weighted by atomic mass is 10.4. The normalized spacial score (nSPS) is 10.3. The van der Waals surface area contributed by atoms with Gasteiger partial charge in [-0.1, -0.05) is 18.2 Å². The molecule has 0 radical (unpaired) electrons. The Balaban J connectivity index is 1.99. The van der Waals surface area contributed by atoms with Crippen molar-refractivity contribution in [3.05, 3.63) is 30.3 Å². The molecule has 100 valence electrons. The molecule has 18 heavy (non-hydrogen) atoms. The third-order valence-corrected chi connectivity index (χ3v) is 3.11. The molecule has 0 fully saturated rings. The summed E-state index contributed by atoms with van der Waals surface area (Å²) in [7, 11) is 1.60. The average molecular weight is 269 g/mol. The first-order valence-corrected chi connectivity index (χ1v) is 6.82. The van der Waals surface area contributed by atoms with Crippen molar-refractivity contribution in [3.63, 3.8) is 0 Å². The van der Waals surface area contributed by atoms with E-state index in [-0.39, 0.29) is 12.5 Å². The minimum absolute atomic E-state index is 0.0836. The van der Waals surface area contributed by atoms with Gasteiger partial charge in [0.2, 0.25) is 5.91 Å². The maximum Gasteiger partial charge on any atom is 0.246 e. The second-order valence-electron chi connectivity index (χ2n) is 3.56. The molecule has 0 aromatic heterocycles. The van der Waals surface area contributed by atoms with Gasteiger partial charge in [-0.25, -0.2) is 0 Å². The monoisotopic (exact) mass is 269 g/mol. The summed E-state index contributed by atoms with van der Waals surface area (Å²) in [4.78, 5) is 12.5. The number of hydrogen-bond donors (Lipinski definition) is 1. The standard InChI is InChI=1S/C13H19NO3S/c1-16-8-9-17-11-13(15)14-7-10-18-12-5-3-2-4-6-12/h2-6H,7-11H2,1H3,(H,14,15). The van der Waals surface area contributed by atoms with Crippen molar-refractivity contribution in [1.82, 2.24) is 5.32 Å². The Morgan fingerprint density at radius 2 is 2.06 bits per heavy atom. The molecule has 1 amide bonds. The number of benzene rings is 1. The number of rotatable bonds is 9. The number of amides is 1. The van der Waals surface area contributed by atoms with E-state index in [1.54, 1.807) is 18.9 Å². The Bertz CT molecular complexity index is 332. The van der Waals surface area contributed by atoms with E-state index in [1.165, 1.54) is 4.90 Å². The Morgan fingerprint density at radius 1 is 1.28 bits per heavy atom. The lowest BCUT2D eigenvalue weighted by Gasteiger charge is -2.06. The molecular weight excluding hydrogens is 250 g/mol. The lowest BCUT2D eigenvalue weighted by molar-refractivity contribution is -0.125. The molecule has 0 spiro atoms. The summed E-state index contributed by atoms with van der Waals surface area (Å²) < 4.78 is 9.92. The molecule has 0 unspecified atom stereocenters. The Kier molecular flexibility index (Phi) is 8.29. The van der Waals surface area contributed by atoms with Crippen LogP contribution in [0.25, 0.3) is 0 Å². The quantitative estimate of drug-likeness (QED) is 0.546.